The molecule has 0 aromatic heterocycles. The van der Waals surface area contributed by atoms with Gasteiger partial charge in [0.1, 0.15) is 12.7 Å². The Hall–Kier alpha value is -1.25. The lowest BCUT2D eigenvalue weighted by molar-refractivity contribution is -0.0284. The van der Waals surface area contributed by atoms with Crippen LogP contribution in [0.1, 0.15) is 25.7 Å². The van der Waals surface area contributed by atoms with Gasteiger partial charge in [-0.1, -0.05) is 5.92 Å². The van der Waals surface area contributed by atoms with Crippen LogP contribution in [0.3, 0.4) is 0 Å². The van der Waals surface area contributed by atoms with Crippen LogP contribution in [0.4, 0.5) is 4.79 Å². The zero-order valence-electron chi connectivity index (χ0n) is 11.2. The number of terminal acetylenes is 1. The highest BCUT2D eigenvalue weighted by molar-refractivity contribution is 5.67. The first kappa shape index (κ1) is 14.2. The monoisotopic (exact) mass is 267 g/mol. The van der Waals surface area contributed by atoms with Gasteiger partial charge in [0.2, 0.25) is 0 Å². The van der Waals surface area contributed by atoms with Crippen molar-refractivity contribution >= 4 is 6.09 Å². The third-order valence-corrected chi connectivity index (χ3v) is 3.52. The van der Waals surface area contributed by atoms with Crippen molar-refractivity contribution in [3.05, 3.63) is 0 Å². The number of morpholine rings is 1. The number of hydrogen-bond acceptors (Lipinski definition) is 4. The topological polar surface area (TPSA) is 48.0 Å². The second kappa shape index (κ2) is 7.37. The maximum atomic E-state index is 12.0. The molecule has 2 fully saturated rings. The molecule has 0 spiro atoms. The molecule has 0 bridgehead atoms. The Morgan fingerprint density at radius 3 is 2.79 bits per heavy atom. The molecule has 1 saturated carbocycles. The molecular weight excluding hydrogens is 246 g/mol. The first-order valence-corrected chi connectivity index (χ1v) is 6.88. The molecular formula is C14H21NO4. The molecule has 0 radical (unpaired) electrons. The number of carbonyl (C=O) groups is 1. The van der Waals surface area contributed by atoms with Gasteiger partial charge in [-0.3, -0.25) is 0 Å². The first-order valence-electron chi connectivity index (χ1n) is 6.88. The number of ether oxygens (including phenoxy) is 3. The summed E-state index contributed by atoms with van der Waals surface area (Å²) in [6.07, 6.45) is 8.68. The Morgan fingerprint density at radius 1 is 1.32 bits per heavy atom. The molecule has 0 N–H and O–H groups in total. The smallest absolute Gasteiger partial charge is 0.410 e. The van der Waals surface area contributed by atoms with Crippen LogP contribution in [-0.4, -0.2) is 56.1 Å². The second-order valence-electron chi connectivity index (χ2n) is 4.91. The lowest BCUT2D eigenvalue weighted by atomic mass is 9.95. The van der Waals surface area contributed by atoms with Crippen molar-refractivity contribution in [2.45, 2.75) is 37.9 Å². The molecule has 1 aliphatic carbocycles. The summed E-state index contributed by atoms with van der Waals surface area (Å²) in [6, 6.07) is 0. The Labute approximate surface area is 114 Å². The highest BCUT2D eigenvalue weighted by Crippen LogP contribution is 2.24. The highest BCUT2D eigenvalue weighted by atomic mass is 16.6. The van der Waals surface area contributed by atoms with Crippen LogP contribution in [0, 0.1) is 12.3 Å². The summed E-state index contributed by atoms with van der Waals surface area (Å²) in [4.78, 5) is 13.7. The van der Waals surface area contributed by atoms with E-state index >= 15 is 0 Å². The van der Waals surface area contributed by atoms with Crippen LogP contribution in [0.25, 0.3) is 0 Å². The third-order valence-electron chi connectivity index (χ3n) is 3.52. The van der Waals surface area contributed by atoms with Crippen molar-refractivity contribution in [2.24, 2.45) is 0 Å². The third kappa shape index (κ3) is 4.41. The molecule has 1 aliphatic heterocycles. The lowest BCUT2D eigenvalue weighted by Crippen LogP contribution is -2.43. The van der Waals surface area contributed by atoms with Gasteiger partial charge >= 0.3 is 6.09 Å². The SMILES string of the molecule is C#CCOC1CCCC(OC(=O)N2CCOCC2)C1. The highest BCUT2D eigenvalue weighted by Gasteiger charge is 2.27. The molecule has 1 saturated heterocycles. The lowest BCUT2D eigenvalue weighted by Gasteiger charge is -2.32. The zero-order valence-corrected chi connectivity index (χ0v) is 11.2. The van der Waals surface area contributed by atoms with Gasteiger partial charge in [-0.05, 0) is 19.3 Å². The standard InChI is InChI=1S/C14H21NO4/c1-2-8-18-12-4-3-5-13(11-12)19-14(16)15-6-9-17-10-7-15/h1,12-13H,3-11H2. The number of amides is 1. The quantitative estimate of drug-likeness (QED) is 0.726. The Morgan fingerprint density at radius 2 is 2.05 bits per heavy atom. The first-order chi connectivity index (χ1) is 9.29. The van der Waals surface area contributed by atoms with Crippen molar-refractivity contribution in [1.82, 2.24) is 4.90 Å². The van der Waals surface area contributed by atoms with Crippen LogP contribution >= 0.6 is 0 Å². The van der Waals surface area contributed by atoms with Crippen LogP contribution in [-0.2, 0) is 14.2 Å². The number of carbonyl (C=O) groups excluding carboxylic acids is 1. The van der Waals surface area contributed by atoms with Crippen molar-refractivity contribution in [1.29, 1.82) is 0 Å². The van der Waals surface area contributed by atoms with Gasteiger partial charge in [-0.25, -0.2) is 4.79 Å². The van der Waals surface area contributed by atoms with Crippen molar-refractivity contribution in [3.8, 4) is 12.3 Å². The average molecular weight is 267 g/mol. The van der Waals surface area contributed by atoms with Gasteiger partial charge in [0, 0.05) is 19.5 Å². The number of hydrogen-bond donors (Lipinski definition) is 0. The Bertz CT molecular complexity index is 333. The van der Waals surface area contributed by atoms with E-state index in [0.717, 1.165) is 25.7 Å². The van der Waals surface area contributed by atoms with Crippen LogP contribution < -0.4 is 0 Å². The molecule has 5 heteroatoms. The van der Waals surface area contributed by atoms with E-state index < -0.39 is 0 Å². The van der Waals surface area contributed by atoms with E-state index in [0.29, 0.717) is 32.9 Å². The maximum Gasteiger partial charge on any atom is 0.410 e. The molecule has 2 atom stereocenters. The van der Waals surface area contributed by atoms with E-state index in [9.17, 15) is 4.79 Å². The Balaban J connectivity index is 1.75. The molecule has 2 unspecified atom stereocenters. The molecule has 19 heavy (non-hydrogen) atoms. The van der Waals surface area contributed by atoms with E-state index in [-0.39, 0.29) is 18.3 Å². The molecule has 2 rings (SSSR count). The van der Waals surface area contributed by atoms with Gasteiger partial charge in [0.25, 0.3) is 0 Å². The fraction of sp³-hybridized carbons (Fsp3) is 0.786. The van der Waals surface area contributed by atoms with E-state index in [2.05, 4.69) is 5.92 Å². The molecule has 5 nitrogen and oxygen atoms in total. The van der Waals surface area contributed by atoms with Gasteiger partial charge < -0.3 is 19.1 Å². The van der Waals surface area contributed by atoms with Gasteiger partial charge in [-0.15, -0.1) is 6.42 Å². The molecule has 0 aromatic carbocycles. The van der Waals surface area contributed by atoms with Crippen molar-refractivity contribution in [3.63, 3.8) is 0 Å². The van der Waals surface area contributed by atoms with Crippen LogP contribution in [0.5, 0.6) is 0 Å². The fourth-order valence-electron chi connectivity index (χ4n) is 2.49. The minimum atomic E-state index is -0.231. The minimum absolute atomic E-state index is 0.0492. The summed E-state index contributed by atoms with van der Waals surface area (Å²) in [5.74, 6) is 2.47. The van der Waals surface area contributed by atoms with Gasteiger partial charge in [-0.2, -0.15) is 0 Å². The van der Waals surface area contributed by atoms with E-state index in [1.807, 2.05) is 0 Å². The maximum absolute atomic E-state index is 12.0. The molecule has 1 heterocycles. The molecule has 2 aliphatic rings. The Kier molecular flexibility index (Phi) is 5.49. The van der Waals surface area contributed by atoms with Crippen LogP contribution in [0.15, 0.2) is 0 Å². The van der Waals surface area contributed by atoms with E-state index in [1.54, 1.807) is 4.90 Å². The van der Waals surface area contributed by atoms with E-state index in [4.69, 9.17) is 20.6 Å². The summed E-state index contributed by atoms with van der Waals surface area (Å²) in [5.41, 5.74) is 0. The summed E-state index contributed by atoms with van der Waals surface area (Å²) >= 11 is 0. The number of rotatable bonds is 3. The zero-order chi connectivity index (χ0) is 13.5. The second-order valence-corrected chi connectivity index (χ2v) is 4.91. The van der Waals surface area contributed by atoms with Gasteiger partial charge in [0.05, 0.1) is 19.3 Å². The van der Waals surface area contributed by atoms with Crippen molar-refractivity contribution < 1.29 is 19.0 Å². The summed E-state index contributed by atoms with van der Waals surface area (Å²) in [6.45, 7) is 2.74. The predicted molar refractivity (Wildman–Crippen MR) is 69.7 cm³/mol. The summed E-state index contributed by atoms with van der Waals surface area (Å²) < 4.78 is 16.3. The molecule has 1 amide bonds. The van der Waals surface area contributed by atoms with Crippen LogP contribution in [0.2, 0.25) is 0 Å². The largest absolute Gasteiger partial charge is 0.446 e. The van der Waals surface area contributed by atoms with E-state index in [1.165, 1.54) is 0 Å². The summed E-state index contributed by atoms with van der Waals surface area (Å²) in [7, 11) is 0. The molecule has 106 valence electrons. The van der Waals surface area contributed by atoms with Crippen molar-refractivity contribution in [2.75, 3.05) is 32.9 Å². The summed E-state index contributed by atoms with van der Waals surface area (Å²) in [5, 5.41) is 0. The average Bonchev–Trinajstić information content (AvgIpc) is 2.46. The molecule has 0 aromatic rings. The van der Waals surface area contributed by atoms with Gasteiger partial charge in [0.15, 0.2) is 0 Å². The predicted octanol–water partition coefficient (Wildman–Crippen LogP) is 1.42. The minimum Gasteiger partial charge on any atom is -0.446 e. The normalized spacial score (nSPS) is 27.6. The number of nitrogens with zero attached hydrogens (tertiary/aromatic N) is 1. The fourth-order valence-corrected chi connectivity index (χ4v) is 2.49.